The molecule has 3 heterocycles. The molecule has 1 amide bonds. The Kier molecular flexibility index (Phi) is 3.60. The molecule has 0 bridgehead atoms. The highest BCUT2D eigenvalue weighted by Gasteiger charge is 2.34. The first-order chi connectivity index (χ1) is 12.3. The number of fused-ring (bicyclic) bond motifs is 1. The van der Waals surface area contributed by atoms with Crippen molar-refractivity contribution in [3.05, 3.63) is 18.0 Å². The molecule has 3 aliphatic rings. The van der Waals surface area contributed by atoms with Crippen LogP contribution in [0.15, 0.2) is 12.1 Å². The Hall–Kier alpha value is -2.18. The minimum Gasteiger partial charge on any atom is -0.353 e. The van der Waals surface area contributed by atoms with Gasteiger partial charge < -0.3 is 9.80 Å². The van der Waals surface area contributed by atoms with E-state index in [1.54, 1.807) is 0 Å². The van der Waals surface area contributed by atoms with Crippen LogP contribution in [-0.4, -0.2) is 56.8 Å². The molecule has 0 N–H and O–H groups in total. The lowest BCUT2D eigenvalue weighted by molar-refractivity contribution is -0.132. The van der Waals surface area contributed by atoms with E-state index in [2.05, 4.69) is 20.0 Å². The molecule has 7 heteroatoms. The lowest BCUT2D eigenvalue weighted by Crippen LogP contribution is -2.36. The molecule has 1 saturated heterocycles. The van der Waals surface area contributed by atoms with Crippen molar-refractivity contribution in [2.24, 2.45) is 5.92 Å². The van der Waals surface area contributed by atoms with Crippen LogP contribution in [0.5, 0.6) is 0 Å². The summed E-state index contributed by atoms with van der Waals surface area (Å²) in [5.41, 5.74) is 0.825. The van der Waals surface area contributed by atoms with Gasteiger partial charge in [0.1, 0.15) is 5.82 Å². The molecule has 2 saturated carbocycles. The largest absolute Gasteiger partial charge is 0.353 e. The maximum absolute atomic E-state index is 12.3. The second-order valence-corrected chi connectivity index (χ2v) is 7.59. The topological polar surface area (TPSA) is 66.6 Å². The van der Waals surface area contributed by atoms with Crippen molar-refractivity contribution in [1.82, 2.24) is 24.7 Å². The van der Waals surface area contributed by atoms with E-state index in [-0.39, 0.29) is 0 Å². The van der Waals surface area contributed by atoms with E-state index in [9.17, 15) is 4.79 Å². The second kappa shape index (κ2) is 5.97. The number of amides is 1. The van der Waals surface area contributed by atoms with Gasteiger partial charge in [0.2, 0.25) is 5.91 Å². The standard InChI is InChI=1S/C18H24N6O/c25-18(14-5-6-14)23-10-2-9-22(11-12-23)16-8-7-15-19-20-17(24(15)21-16)13-3-1-4-13/h7-8,13-14H,1-6,9-12H2. The molecule has 7 nitrogen and oxygen atoms in total. The van der Waals surface area contributed by atoms with Crippen LogP contribution in [0, 0.1) is 5.92 Å². The SMILES string of the molecule is O=C(C1CC1)N1CCCN(c2ccc3nnc(C4CCC4)n3n2)CC1. The number of nitrogens with zero attached hydrogens (tertiary/aromatic N) is 6. The zero-order valence-corrected chi connectivity index (χ0v) is 14.5. The molecule has 2 aromatic rings. The zero-order valence-electron chi connectivity index (χ0n) is 14.5. The molecular weight excluding hydrogens is 316 g/mol. The lowest BCUT2D eigenvalue weighted by Gasteiger charge is -2.24. The molecule has 0 atom stereocenters. The number of anilines is 1. The van der Waals surface area contributed by atoms with Gasteiger partial charge in [-0.1, -0.05) is 6.42 Å². The van der Waals surface area contributed by atoms with E-state index in [1.165, 1.54) is 19.3 Å². The van der Waals surface area contributed by atoms with Gasteiger partial charge in [-0.2, -0.15) is 4.52 Å². The van der Waals surface area contributed by atoms with Gasteiger partial charge in [-0.25, -0.2) is 0 Å². The quantitative estimate of drug-likeness (QED) is 0.853. The van der Waals surface area contributed by atoms with Gasteiger partial charge in [-0.3, -0.25) is 4.79 Å². The summed E-state index contributed by atoms with van der Waals surface area (Å²) >= 11 is 0. The van der Waals surface area contributed by atoms with Crippen molar-refractivity contribution in [2.75, 3.05) is 31.1 Å². The summed E-state index contributed by atoms with van der Waals surface area (Å²) < 4.78 is 1.93. The minimum atomic E-state index is 0.308. The van der Waals surface area contributed by atoms with Crippen LogP contribution in [0.2, 0.25) is 0 Å². The van der Waals surface area contributed by atoms with Gasteiger partial charge in [-0.15, -0.1) is 15.3 Å². The van der Waals surface area contributed by atoms with Crippen molar-refractivity contribution >= 4 is 17.4 Å². The molecule has 2 aliphatic carbocycles. The van der Waals surface area contributed by atoms with Gasteiger partial charge in [0.25, 0.3) is 0 Å². The Morgan fingerprint density at radius 3 is 2.60 bits per heavy atom. The predicted octanol–water partition coefficient (Wildman–Crippen LogP) is 1.84. The molecule has 132 valence electrons. The van der Waals surface area contributed by atoms with Gasteiger partial charge in [0.05, 0.1) is 0 Å². The number of aromatic nitrogens is 4. The highest BCUT2D eigenvalue weighted by Crippen LogP contribution is 2.35. The lowest BCUT2D eigenvalue weighted by atomic mass is 9.85. The molecule has 5 rings (SSSR count). The number of carbonyl (C=O) groups excluding carboxylic acids is 1. The summed E-state index contributed by atoms with van der Waals surface area (Å²) in [6.07, 6.45) is 6.80. The highest BCUT2D eigenvalue weighted by atomic mass is 16.2. The zero-order chi connectivity index (χ0) is 16.8. The van der Waals surface area contributed by atoms with Crippen molar-refractivity contribution in [3.8, 4) is 0 Å². The van der Waals surface area contributed by atoms with Crippen LogP contribution in [0.25, 0.3) is 5.65 Å². The molecule has 0 radical (unpaired) electrons. The van der Waals surface area contributed by atoms with E-state index >= 15 is 0 Å². The third-order valence-electron chi connectivity index (χ3n) is 5.80. The fourth-order valence-corrected chi connectivity index (χ4v) is 3.84. The normalized spacial score (nSPS) is 22.1. The van der Waals surface area contributed by atoms with Crippen LogP contribution in [0.1, 0.15) is 50.3 Å². The predicted molar refractivity (Wildman–Crippen MR) is 93.5 cm³/mol. The van der Waals surface area contributed by atoms with Crippen LogP contribution < -0.4 is 4.90 Å². The van der Waals surface area contributed by atoms with Crippen molar-refractivity contribution in [2.45, 2.75) is 44.4 Å². The molecule has 3 fully saturated rings. The molecule has 0 unspecified atom stereocenters. The van der Waals surface area contributed by atoms with E-state index in [0.717, 1.165) is 62.7 Å². The monoisotopic (exact) mass is 340 g/mol. The van der Waals surface area contributed by atoms with Crippen LogP contribution in [0.3, 0.4) is 0 Å². The average Bonchev–Trinajstić information content (AvgIpc) is 3.38. The first-order valence-corrected chi connectivity index (χ1v) is 9.56. The minimum absolute atomic E-state index is 0.308. The first-order valence-electron chi connectivity index (χ1n) is 9.56. The van der Waals surface area contributed by atoms with Gasteiger partial charge in [0, 0.05) is 38.0 Å². The fraction of sp³-hybridized carbons (Fsp3) is 0.667. The molecule has 0 aromatic carbocycles. The van der Waals surface area contributed by atoms with Crippen LogP contribution in [-0.2, 0) is 4.79 Å². The Balaban J connectivity index is 1.36. The van der Waals surface area contributed by atoms with E-state index < -0.39 is 0 Å². The number of rotatable bonds is 3. The van der Waals surface area contributed by atoms with Gasteiger partial charge in [0.15, 0.2) is 11.5 Å². The molecule has 1 aliphatic heterocycles. The van der Waals surface area contributed by atoms with E-state index in [1.807, 2.05) is 16.6 Å². The maximum atomic E-state index is 12.3. The second-order valence-electron chi connectivity index (χ2n) is 7.59. The van der Waals surface area contributed by atoms with Crippen molar-refractivity contribution < 1.29 is 4.79 Å². The first kappa shape index (κ1) is 15.1. The summed E-state index contributed by atoms with van der Waals surface area (Å²) in [5, 5.41) is 13.5. The Labute approximate surface area is 147 Å². The van der Waals surface area contributed by atoms with E-state index in [0.29, 0.717) is 17.7 Å². The van der Waals surface area contributed by atoms with E-state index in [4.69, 9.17) is 5.10 Å². The Morgan fingerprint density at radius 2 is 1.84 bits per heavy atom. The number of hydrogen-bond acceptors (Lipinski definition) is 5. The average molecular weight is 340 g/mol. The molecule has 0 spiro atoms. The van der Waals surface area contributed by atoms with Crippen LogP contribution in [0.4, 0.5) is 5.82 Å². The summed E-state index contributed by atoms with van der Waals surface area (Å²) in [7, 11) is 0. The third-order valence-corrected chi connectivity index (χ3v) is 5.80. The molecule has 25 heavy (non-hydrogen) atoms. The van der Waals surface area contributed by atoms with Crippen molar-refractivity contribution in [1.29, 1.82) is 0 Å². The van der Waals surface area contributed by atoms with Gasteiger partial charge in [-0.05, 0) is 44.2 Å². The Bertz CT molecular complexity index is 794. The molecule has 2 aromatic heterocycles. The van der Waals surface area contributed by atoms with Crippen LogP contribution >= 0.6 is 0 Å². The Morgan fingerprint density at radius 1 is 0.960 bits per heavy atom. The fourth-order valence-electron chi connectivity index (χ4n) is 3.84. The van der Waals surface area contributed by atoms with Crippen molar-refractivity contribution in [3.63, 3.8) is 0 Å². The summed E-state index contributed by atoms with van der Waals surface area (Å²) in [6.45, 7) is 3.45. The maximum Gasteiger partial charge on any atom is 0.225 e. The summed E-state index contributed by atoms with van der Waals surface area (Å²) in [4.78, 5) is 16.7. The summed E-state index contributed by atoms with van der Waals surface area (Å²) in [5.74, 6) is 3.14. The summed E-state index contributed by atoms with van der Waals surface area (Å²) in [6, 6.07) is 4.04. The third kappa shape index (κ3) is 2.75. The van der Waals surface area contributed by atoms with Gasteiger partial charge >= 0.3 is 0 Å². The number of carbonyl (C=O) groups is 1. The number of hydrogen-bond donors (Lipinski definition) is 0. The highest BCUT2D eigenvalue weighted by molar-refractivity contribution is 5.81. The molecular formula is C18H24N6O. The smallest absolute Gasteiger partial charge is 0.225 e.